The minimum absolute atomic E-state index is 0.105. The van der Waals surface area contributed by atoms with Gasteiger partial charge in [0.25, 0.3) is 0 Å². The molecule has 0 saturated heterocycles. The predicted octanol–water partition coefficient (Wildman–Crippen LogP) is 6.03. The zero-order chi connectivity index (χ0) is 20.1. The summed E-state index contributed by atoms with van der Waals surface area (Å²) in [6.07, 6.45) is 0. The Morgan fingerprint density at radius 3 is 2.39 bits per heavy atom. The number of hydrogen-bond donors (Lipinski definition) is 1. The van der Waals surface area contributed by atoms with Gasteiger partial charge in [-0.2, -0.15) is 4.98 Å². The lowest BCUT2D eigenvalue weighted by Crippen LogP contribution is -2.25. The van der Waals surface area contributed by atoms with Crippen LogP contribution in [0.15, 0.2) is 48.5 Å². The Morgan fingerprint density at radius 1 is 1.14 bits per heavy atom. The summed E-state index contributed by atoms with van der Waals surface area (Å²) in [6.45, 7) is 4.36. The molecule has 1 unspecified atom stereocenters. The average Bonchev–Trinajstić information content (AvgIpc) is 3.07. The third kappa shape index (κ3) is 5.43. The molecule has 0 spiro atoms. The second-order valence-corrected chi connectivity index (χ2v) is 9.30. The Balaban J connectivity index is 1.67. The SMILES string of the molecule is CC(C)C(C(=O)Nc1nc(=S)ss1)c1ccc(OCc2ccc(F)cc2)cc1. The molecule has 0 aliphatic heterocycles. The lowest BCUT2D eigenvalue weighted by Gasteiger charge is -2.20. The zero-order valence-electron chi connectivity index (χ0n) is 15.3. The first-order chi connectivity index (χ1) is 13.4. The number of nitrogens with one attached hydrogen (secondary N) is 1. The van der Waals surface area contributed by atoms with Crippen molar-refractivity contribution in [2.24, 2.45) is 5.92 Å². The van der Waals surface area contributed by atoms with Gasteiger partial charge in [-0.3, -0.25) is 4.79 Å². The molecule has 3 aromatic rings. The van der Waals surface area contributed by atoms with E-state index in [0.717, 1.165) is 11.1 Å². The molecule has 28 heavy (non-hydrogen) atoms. The van der Waals surface area contributed by atoms with E-state index in [9.17, 15) is 9.18 Å². The normalized spacial score (nSPS) is 12.0. The molecular formula is C20H19FN2O2S3. The van der Waals surface area contributed by atoms with Gasteiger partial charge in [0.1, 0.15) is 18.2 Å². The summed E-state index contributed by atoms with van der Waals surface area (Å²) in [5.74, 6) is 0.111. The largest absolute Gasteiger partial charge is 0.489 e. The summed E-state index contributed by atoms with van der Waals surface area (Å²) >= 11 is 5.01. The van der Waals surface area contributed by atoms with Crippen LogP contribution in [-0.4, -0.2) is 10.9 Å². The number of carbonyl (C=O) groups excluding carboxylic acids is 1. The topological polar surface area (TPSA) is 51.2 Å². The minimum Gasteiger partial charge on any atom is -0.489 e. The van der Waals surface area contributed by atoms with Crippen molar-refractivity contribution < 1.29 is 13.9 Å². The number of anilines is 1. The number of ether oxygens (including phenoxy) is 1. The summed E-state index contributed by atoms with van der Waals surface area (Å²) in [7, 11) is 2.72. The number of aromatic nitrogens is 1. The molecule has 1 aromatic heterocycles. The number of benzene rings is 2. The van der Waals surface area contributed by atoms with Crippen LogP contribution in [0.5, 0.6) is 5.75 Å². The van der Waals surface area contributed by atoms with Gasteiger partial charge >= 0.3 is 0 Å². The van der Waals surface area contributed by atoms with Crippen molar-refractivity contribution in [1.29, 1.82) is 0 Å². The van der Waals surface area contributed by atoms with Crippen LogP contribution in [0.4, 0.5) is 9.52 Å². The average molecular weight is 435 g/mol. The van der Waals surface area contributed by atoms with E-state index in [1.165, 1.54) is 32.8 Å². The number of nitrogens with zero attached hydrogens (tertiary/aromatic N) is 1. The highest BCUT2D eigenvalue weighted by Gasteiger charge is 2.25. The monoisotopic (exact) mass is 434 g/mol. The molecule has 0 fully saturated rings. The molecule has 1 heterocycles. The van der Waals surface area contributed by atoms with Gasteiger partial charge in [0.15, 0.2) is 3.95 Å². The Bertz CT molecular complexity index is 982. The lowest BCUT2D eigenvalue weighted by atomic mass is 9.87. The van der Waals surface area contributed by atoms with Crippen molar-refractivity contribution in [1.82, 2.24) is 4.98 Å². The molecule has 3 rings (SSSR count). The Labute approximate surface area is 175 Å². The maximum atomic E-state index is 13.0. The third-order valence-corrected chi connectivity index (χ3v) is 6.65. The van der Waals surface area contributed by atoms with E-state index in [1.807, 2.05) is 38.1 Å². The molecule has 0 aliphatic rings. The number of hydrogen-bond acceptors (Lipinski definition) is 6. The smallest absolute Gasteiger partial charge is 0.233 e. The molecule has 0 saturated carbocycles. The number of amides is 1. The van der Waals surface area contributed by atoms with Gasteiger partial charge < -0.3 is 10.1 Å². The number of rotatable bonds is 7. The minimum atomic E-state index is -0.311. The van der Waals surface area contributed by atoms with Crippen molar-refractivity contribution >= 4 is 43.9 Å². The molecule has 0 bridgehead atoms. The predicted molar refractivity (Wildman–Crippen MR) is 114 cm³/mol. The van der Waals surface area contributed by atoms with Gasteiger partial charge in [-0.1, -0.05) is 38.1 Å². The van der Waals surface area contributed by atoms with Crippen molar-refractivity contribution in [2.75, 3.05) is 5.32 Å². The number of carbonyl (C=O) groups is 1. The van der Waals surface area contributed by atoms with Crippen LogP contribution in [0.3, 0.4) is 0 Å². The molecule has 1 amide bonds. The fourth-order valence-corrected chi connectivity index (χ4v) is 4.65. The molecule has 8 heteroatoms. The fourth-order valence-electron chi connectivity index (χ4n) is 2.78. The maximum Gasteiger partial charge on any atom is 0.233 e. The quantitative estimate of drug-likeness (QED) is 0.364. The van der Waals surface area contributed by atoms with Gasteiger partial charge in [-0.15, -0.1) is 0 Å². The van der Waals surface area contributed by atoms with E-state index in [0.29, 0.717) is 21.4 Å². The van der Waals surface area contributed by atoms with E-state index >= 15 is 0 Å². The Morgan fingerprint density at radius 2 is 1.82 bits per heavy atom. The van der Waals surface area contributed by atoms with E-state index in [4.69, 9.17) is 17.0 Å². The van der Waals surface area contributed by atoms with Gasteiger partial charge in [-0.25, -0.2) is 4.39 Å². The van der Waals surface area contributed by atoms with Gasteiger partial charge in [0.05, 0.1) is 5.92 Å². The lowest BCUT2D eigenvalue weighted by molar-refractivity contribution is -0.118. The van der Waals surface area contributed by atoms with Crippen LogP contribution in [-0.2, 0) is 11.4 Å². The molecule has 1 N–H and O–H groups in total. The summed E-state index contributed by atoms with van der Waals surface area (Å²) in [6, 6.07) is 13.7. The van der Waals surface area contributed by atoms with Crippen LogP contribution in [0, 0.1) is 15.7 Å². The van der Waals surface area contributed by atoms with E-state index in [2.05, 4.69) is 10.3 Å². The van der Waals surface area contributed by atoms with Crippen molar-refractivity contribution in [3.05, 3.63) is 69.4 Å². The third-order valence-electron chi connectivity index (χ3n) is 4.12. The first kappa shape index (κ1) is 20.6. The molecule has 146 valence electrons. The second kappa shape index (κ2) is 9.36. The highest BCUT2D eigenvalue weighted by molar-refractivity contribution is 7.79. The number of halogens is 1. The molecule has 0 aliphatic carbocycles. The van der Waals surface area contributed by atoms with Crippen molar-refractivity contribution in [2.45, 2.75) is 26.4 Å². The maximum absolute atomic E-state index is 13.0. The fraction of sp³-hybridized carbons (Fsp3) is 0.250. The Kier molecular flexibility index (Phi) is 6.88. The Hall–Kier alpha value is -2.16. The summed E-state index contributed by atoms with van der Waals surface area (Å²) < 4.78 is 19.2. The molecule has 2 aromatic carbocycles. The molecule has 1 atom stereocenters. The zero-order valence-corrected chi connectivity index (χ0v) is 17.8. The highest BCUT2D eigenvalue weighted by atomic mass is 32.9. The van der Waals surface area contributed by atoms with E-state index in [1.54, 1.807) is 12.1 Å². The van der Waals surface area contributed by atoms with Gasteiger partial charge in [0.2, 0.25) is 11.0 Å². The molecule has 4 nitrogen and oxygen atoms in total. The van der Waals surface area contributed by atoms with Gasteiger partial charge in [-0.05, 0) is 74.2 Å². The van der Waals surface area contributed by atoms with Gasteiger partial charge in [0, 0.05) is 0 Å². The van der Waals surface area contributed by atoms with Crippen LogP contribution in [0.1, 0.15) is 30.9 Å². The first-order valence-corrected chi connectivity index (χ1v) is 11.2. The highest BCUT2D eigenvalue weighted by Crippen LogP contribution is 2.29. The summed E-state index contributed by atoms with van der Waals surface area (Å²) in [5, 5.41) is 3.39. The first-order valence-electron chi connectivity index (χ1n) is 8.67. The summed E-state index contributed by atoms with van der Waals surface area (Å²) in [5.41, 5.74) is 1.79. The van der Waals surface area contributed by atoms with Crippen molar-refractivity contribution in [3.8, 4) is 5.75 Å². The molecule has 0 radical (unpaired) electrons. The standard InChI is InChI=1S/C20H19FN2O2S3/c1-12(2)17(18(24)22-19-23-20(26)28-27-19)14-5-9-16(10-6-14)25-11-13-3-7-15(21)8-4-13/h3-10,12,17H,11H2,1-2H3,(H,22,23,24,26). The van der Waals surface area contributed by atoms with E-state index in [-0.39, 0.29) is 23.6 Å². The summed E-state index contributed by atoms with van der Waals surface area (Å²) in [4.78, 5) is 16.9. The van der Waals surface area contributed by atoms with Crippen LogP contribution in [0.2, 0.25) is 0 Å². The molecular weight excluding hydrogens is 415 g/mol. The van der Waals surface area contributed by atoms with Crippen LogP contribution >= 0.6 is 32.9 Å². The van der Waals surface area contributed by atoms with Crippen LogP contribution in [0.25, 0.3) is 0 Å². The van der Waals surface area contributed by atoms with Crippen LogP contribution < -0.4 is 10.1 Å². The van der Waals surface area contributed by atoms with E-state index < -0.39 is 0 Å². The second-order valence-electron chi connectivity index (χ2n) is 6.54. The van der Waals surface area contributed by atoms with Crippen molar-refractivity contribution in [3.63, 3.8) is 0 Å².